The van der Waals surface area contributed by atoms with Crippen LogP contribution in [0.4, 0.5) is 23.7 Å². The molecule has 19 heavy (non-hydrogen) atoms. The molecule has 2 N–H and O–H groups in total. The number of alkyl halides is 3. The van der Waals surface area contributed by atoms with Gasteiger partial charge in [-0.15, -0.1) is 0 Å². The van der Waals surface area contributed by atoms with Gasteiger partial charge in [0.05, 0.1) is 5.56 Å². The van der Waals surface area contributed by atoms with Gasteiger partial charge in [0.25, 0.3) is 0 Å². The molecule has 0 aliphatic carbocycles. The van der Waals surface area contributed by atoms with Crippen molar-refractivity contribution in [3.8, 4) is 0 Å². The van der Waals surface area contributed by atoms with Crippen LogP contribution in [-0.2, 0) is 12.7 Å². The van der Waals surface area contributed by atoms with Crippen molar-refractivity contribution in [2.24, 2.45) is 0 Å². The molecule has 0 unspecified atom stereocenters. The minimum atomic E-state index is -4.47. The molecule has 1 aromatic rings. The first kappa shape index (κ1) is 13.5. The number of likely N-dealkylation sites (N-methyl/N-ethyl adjacent to an activating group) is 1. The molecule has 1 fully saturated rings. The molecule has 0 saturated carbocycles. The Morgan fingerprint density at radius 3 is 2.53 bits per heavy atom. The summed E-state index contributed by atoms with van der Waals surface area (Å²) < 4.78 is 38.7. The average Bonchev–Trinajstić information content (AvgIpc) is 2.62. The number of benzene rings is 1. The van der Waals surface area contributed by atoms with E-state index in [4.69, 9.17) is 5.73 Å². The van der Waals surface area contributed by atoms with Gasteiger partial charge in [-0.25, -0.2) is 4.79 Å². The molecule has 0 spiro atoms. The summed E-state index contributed by atoms with van der Waals surface area (Å²) >= 11 is 0. The summed E-state index contributed by atoms with van der Waals surface area (Å²) in [6.07, 6.45) is -4.47. The molecule has 0 aromatic heterocycles. The van der Waals surface area contributed by atoms with E-state index < -0.39 is 11.7 Å². The molecule has 1 aromatic carbocycles. The Morgan fingerprint density at radius 1 is 1.32 bits per heavy atom. The number of halogens is 3. The highest BCUT2D eigenvalue weighted by Crippen LogP contribution is 2.34. The van der Waals surface area contributed by atoms with Gasteiger partial charge in [-0.1, -0.05) is 6.07 Å². The van der Waals surface area contributed by atoms with Gasteiger partial charge in [0.2, 0.25) is 0 Å². The lowest BCUT2D eigenvalue weighted by atomic mass is 10.1. The smallest absolute Gasteiger partial charge is 0.399 e. The molecule has 1 heterocycles. The first-order valence-electron chi connectivity index (χ1n) is 5.74. The molecule has 2 rings (SSSR count). The van der Waals surface area contributed by atoms with Gasteiger partial charge in [0, 0.05) is 32.4 Å². The van der Waals surface area contributed by atoms with Crippen molar-refractivity contribution in [1.29, 1.82) is 0 Å². The summed E-state index contributed by atoms with van der Waals surface area (Å²) in [5.74, 6) is 0. The van der Waals surface area contributed by atoms with Crippen LogP contribution in [0.1, 0.15) is 11.1 Å². The summed E-state index contributed by atoms with van der Waals surface area (Å²) in [4.78, 5) is 14.5. The second-order valence-corrected chi connectivity index (χ2v) is 4.54. The number of nitrogen functional groups attached to an aromatic ring is 1. The lowest BCUT2D eigenvalue weighted by molar-refractivity contribution is -0.138. The molecule has 1 aliphatic rings. The normalized spacial score (nSPS) is 16.3. The lowest BCUT2D eigenvalue weighted by Crippen LogP contribution is -2.29. The number of hydrogen-bond donors (Lipinski definition) is 1. The number of anilines is 1. The second-order valence-electron chi connectivity index (χ2n) is 4.54. The number of carbonyl (C=O) groups excluding carboxylic acids is 1. The largest absolute Gasteiger partial charge is 0.416 e. The number of hydrogen-bond acceptors (Lipinski definition) is 2. The standard InChI is InChI=1S/C12H14F3N3O/c1-17-4-5-18(11(17)19)7-8-2-3-9(16)6-10(8)12(13,14)15/h2-3,6H,4-5,7,16H2,1H3. The van der Waals surface area contributed by atoms with Crippen molar-refractivity contribution in [3.05, 3.63) is 29.3 Å². The average molecular weight is 273 g/mol. The molecule has 1 saturated heterocycles. The van der Waals surface area contributed by atoms with Crippen molar-refractivity contribution in [3.63, 3.8) is 0 Å². The third-order valence-electron chi connectivity index (χ3n) is 3.10. The third kappa shape index (κ3) is 2.74. The van der Waals surface area contributed by atoms with Crippen molar-refractivity contribution < 1.29 is 18.0 Å². The molecule has 1 aliphatic heterocycles. The Bertz CT molecular complexity index is 501. The summed E-state index contributed by atoms with van der Waals surface area (Å²) in [7, 11) is 1.62. The Kier molecular flexibility index (Phi) is 3.30. The molecular weight excluding hydrogens is 259 g/mol. The molecule has 2 amide bonds. The minimum Gasteiger partial charge on any atom is -0.399 e. The van der Waals surface area contributed by atoms with E-state index in [1.165, 1.54) is 21.9 Å². The second kappa shape index (κ2) is 4.64. The van der Waals surface area contributed by atoms with Crippen LogP contribution in [-0.4, -0.2) is 36.0 Å². The van der Waals surface area contributed by atoms with E-state index in [1.54, 1.807) is 7.05 Å². The van der Waals surface area contributed by atoms with Crippen LogP contribution < -0.4 is 5.73 Å². The number of nitrogens with zero attached hydrogens (tertiary/aromatic N) is 2. The van der Waals surface area contributed by atoms with E-state index in [0.717, 1.165) is 6.07 Å². The molecule has 0 radical (unpaired) electrons. The van der Waals surface area contributed by atoms with Gasteiger partial charge in [-0.3, -0.25) is 0 Å². The first-order chi connectivity index (χ1) is 8.79. The Balaban J connectivity index is 2.28. The van der Waals surface area contributed by atoms with Crippen molar-refractivity contribution in [2.45, 2.75) is 12.7 Å². The zero-order valence-corrected chi connectivity index (χ0v) is 10.4. The van der Waals surface area contributed by atoms with E-state index in [0.29, 0.717) is 13.1 Å². The van der Waals surface area contributed by atoms with Gasteiger partial charge >= 0.3 is 12.2 Å². The highest BCUT2D eigenvalue weighted by Gasteiger charge is 2.35. The van der Waals surface area contributed by atoms with Crippen LogP contribution in [0.15, 0.2) is 18.2 Å². The van der Waals surface area contributed by atoms with Crippen LogP contribution in [0.3, 0.4) is 0 Å². The lowest BCUT2D eigenvalue weighted by Gasteiger charge is -2.19. The molecule has 4 nitrogen and oxygen atoms in total. The van der Waals surface area contributed by atoms with Gasteiger partial charge in [-0.2, -0.15) is 13.2 Å². The fraction of sp³-hybridized carbons (Fsp3) is 0.417. The van der Waals surface area contributed by atoms with Crippen LogP contribution in [0.2, 0.25) is 0 Å². The van der Waals surface area contributed by atoms with Crippen LogP contribution in [0.25, 0.3) is 0 Å². The topological polar surface area (TPSA) is 49.6 Å². The van der Waals surface area contributed by atoms with Crippen LogP contribution >= 0.6 is 0 Å². The number of rotatable bonds is 2. The quantitative estimate of drug-likeness (QED) is 0.839. The number of carbonyl (C=O) groups is 1. The number of amides is 2. The molecule has 7 heteroatoms. The Labute approximate surface area is 108 Å². The van der Waals surface area contributed by atoms with Gasteiger partial charge in [-0.05, 0) is 17.7 Å². The minimum absolute atomic E-state index is 0.0564. The van der Waals surface area contributed by atoms with E-state index in [-0.39, 0.29) is 23.8 Å². The van der Waals surface area contributed by atoms with Crippen molar-refractivity contribution in [1.82, 2.24) is 9.80 Å². The van der Waals surface area contributed by atoms with Crippen LogP contribution in [0, 0.1) is 0 Å². The first-order valence-corrected chi connectivity index (χ1v) is 5.74. The highest BCUT2D eigenvalue weighted by atomic mass is 19.4. The van der Waals surface area contributed by atoms with E-state index in [2.05, 4.69) is 0 Å². The SMILES string of the molecule is CN1CCN(Cc2ccc(N)cc2C(F)(F)F)C1=O. The maximum atomic E-state index is 12.9. The predicted octanol–water partition coefficient (Wildman–Crippen LogP) is 2.16. The van der Waals surface area contributed by atoms with E-state index >= 15 is 0 Å². The van der Waals surface area contributed by atoms with Crippen LogP contribution in [0.5, 0.6) is 0 Å². The highest BCUT2D eigenvalue weighted by molar-refractivity contribution is 5.76. The maximum Gasteiger partial charge on any atom is 0.416 e. The Hall–Kier alpha value is -1.92. The summed E-state index contributed by atoms with van der Waals surface area (Å²) in [5.41, 5.74) is 4.73. The fourth-order valence-electron chi connectivity index (χ4n) is 2.05. The van der Waals surface area contributed by atoms with Crippen molar-refractivity contribution in [2.75, 3.05) is 25.9 Å². The zero-order valence-electron chi connectivity index (χ0n) is 10.4. The van der Waals surface area contributed by atoms with E-state index in [1.807, 2.05) is 0 Å². The molecule has 0 bridgehead atoms. The number of nitrogens with two attached hydrogens (primary N) is 1. The fourth-order valence-corrected chi connectivity index (χ4v) is 2.05. The predicted molar refractivity (Wildman–Crippen MR) is 64.3 cm³/mol. The Morgan fingerprint density at radius 2 is 2.00 bits per heavy atom. The summed E-state index contributed by atoms with van der Waals surface area (Å²) in [5, 5.41) is 0. The monoisotopic (exact) mass is 273 g/mol. The molecule has 0 atom stereocenters. The van der Waals surface area contributed by atoms with E-state index in [9.17, 15) is 18.0 Å². The van der Waals surface area contributed by atoms with Gasteiger partial charge in [0.15, 0.2) is 0 Å². The van der Waals surface area contributed by atoms with Crippen molar-refractivity contribution >= 4 is 11.7 Å². The third-order valence-corrected chi connectivity index (χ3v) is 3.10. The summed E-state index contributed by atoms with van der Waals surface area (Å²) in [6.45, 7) is 0.893. The molecule has 104 valence electrons. The maximum absolute atomic E-state index is 12.9. The summed E-state index contributed by atoms with van der Waals surface area (Å²) in [6, 6.07) is 3.38. The number of urea groups is 1. The molecular formula is C12H14F3N3O. The zero-order chi connectivity index (χ0) is 14.2. The van der Waals surface area contributed by atoms with Gasteiger partial charge in [0.1, 0.15) is 0 Å². The van der Waals surface area contributed by atoms with Gasteiger partial charge < -0.3 is 15.5 Å².